The summed E-state index contributed by atoms with van der Waals surface area (Å²) >= 11 is 0. The third kappa shape index (κ3) is 3.58. The van der Waals surface area contributed by atoms with Crippen molar-refractivity contribution < 1.29 is 26.8 Å². The molecule has 0 spiro atoms. The minimum atomic E-state index is -4.64. The maximum Gasteiger partial charge on any atom is 0.416 e. The number of carbonyl (C=O) groups is 1. The summed E-state index contributed by atoms with van der Waals surface area (Å²) in [5.41, 5.74) is -0.688. The Balaban J connectivity index is 1.87. The fourth-order valence-corrected chi connectivity index (χ4v) is 2.35. The molecule has 0 atom stereocenters. The molecule has 1 aromatic carbocycles. The zero-order chi connectivity index (χ0) is 18.9. The Kier molecular flexibility index (Phi) is 4.50. The molecule has 0 aliphatic carbocycles. The number of nitrogens with zero attached hydrogens (tertiary/aromatic N) is 1. The Morgan fingerprint density at radius 3 is 2.54 bits per heavy atom. The van der Waals surface area contributed by atoms with Crippen LogP contribution in [0, 0.1) is 12.7 Å². The molecule has 0 aliphatic rings. The lowest BCUT2D eigenvalue weighted by atomic mass is 10.1. The minimum Gasteiger partial charge on any atom is -0.463 e. The molecule has 8 heteroatoms. The van der Waals surface area contributed by atoms with E-state index in [2.05, 4.69) is 10.3 Å². The van der Waals surface area contributed by atoms with Crippen molar-refractivity contribution in [1.82, 2.24) is 4.98 Å². The van der Waals surface area contributed by atoms with Gasteiger partial charge in [-0.2, -0.15) is 13.2 Å². The summed E-state index contributed by atoms with van der Waals surface area (Å²) in [4.78, 5) is 16.6. The Morgan fingerprint density at radius 2 is 1.92 bits per heavy atom. The number of nitrogens with one attached hydrogen (secondary N) is 1. The highest BCUT2D eigenvalue weighted by molar-refractivity contribution is 6.05. The number of aryl methyl sites for hydroxylation is 1. The highest BCUT2D eigenvalue weighted by atomic mass is 19.4. The molecular formula is C18H12F4N2O2. The van der Waals surface area contributed by atoms with E-state index in [1.165, 1.54) is 18.4 Å². The predicted octanol–water partition coefficient (Wildman–Crippen LogP) is 5.06. The quantitative estimate of drug-likeness (QED) is 0.661. The second-order valence-electron chi connectivity index (χ2n) is 5.45. The van der Waals surface area contributed by atoms with Crippen LogP contribution in [0.25, 0.3) is 11.5 Å². The zero-order valence-corrected chi connectivity index (χ0v) is 13.4. The topological polar surface area (TPSA) is 55.1 Å². The average Bonchev–Trinajstić information content (AvgIpc) is 3.10. The van der Waals surface area contributed by atoms with Gasteiger partial charge in [-0.25, -0.2) is 9.37 Å². The van der Waals surface area contributed by atoms with Gasteiger partial charge in [0.2, 0.25) is 0 Å². The summed E-state index contributed by atoms with van der Waals surface area (Å²) in [5, 5.41) is 2.16. The average molecular weight is 364 g/mol. The molecule has 4 nitrogen and oxygen atoms in total. The zero-order valence-electron chi connectivity index (χ0n) is 13.4. The number of hydrogen-bond acceptors (Lipinski definition) is 3. The van der Waals surface area contributed by atoms with Crippen molar-refractivity contribution in [3.05, 3.63) is 71.4 Å². The van der Waals surface area contributed by atoms with E-state index < -0.39 is 29.2 Å². The van der Waals surface area contributed by atoms with Gasteiger partial charge in [-0.1, -0.05) is 0 Å². The number of pyridine rings is 1. The molecule has 1 amide bonds. The summed E-state index contributed by atoms with van der Waals surface area (Å²) in [5.74, 6) is -1.23. The first-order valence-corrected chi connectivity index (χ1v) is 7.45. The van der Waals surface area contributed by atoms with Crippen LogP contribution < -0.4 is 5.32 Å². The molecule has 0 saturated carbocycles. The van der Waals surface area contributed by atoms with Crippen molar-refractivity contribution in [2.24, 2.45) is 0 Å². The Labute approximate surface area is 145 Å². The molecule has 0 aliphatic heterocycles. The van der Waals surface area contributed by atoms with Crippen LogP contribution >= 0.6 is 0 Å². The predicted molar refractivity (Wildman–Crippen MR) is 86.0 cm³/mol. The van der Waals surface area contributed by atoms with E-state index in [0.717, 1.165) is 0 Å². The maximum absolute atomic E-state index is 13.8. The van der Waals surface area contributed by atoms with Crippen LogP contribution in [0.5, 0.6) is 0 Å². The normalized spacial score (nSPS) is 11.4. The summed E-state index contributed by atoms with van der Waals surface area (Å²) < 4.78 is 57.2. The molecule has 3 aromatic rings. The van der Waals surface area contributed by atoms with E-state index in [4.69, 9.17) is 4.42 Å². The second kappa shape index (κ2) is 6.62. The van der Waals surface area contributed by atoms with Crippen molar-refractivity contribution in [2.45, 2.75) is 13.1 Å². The van der Waals surface area contributed by atoms with Crippen LogP contribution in [-0.4, -0.2) is 10.9 Å². The fraction of sp³-hybridized carbons (Fsp3) is 0.111. The fourth-order valence-electron chi connectivity index (χ4n) is 2.35. The number of rotatable bonds is 3. The Morgan fingerprint density at radius 1 is 1.15 bits per heavy atom. The van der Waals surface area contributed by atoms with E-state index >= 15 is 0 Å². The first-order chi connectivity index (χ1) is 12.3. The van der Waals surface area contributed by atoms with E-state index in [0.29, 0.717) is 35.3 Å². The summed E-state index contributed by atoms with van der Waals surface area (Å²) in [6.07, 6.45) is -3.17. The summed E-state index contributed by atoms with van der Waals surface area (Å²) in [7, 11) is 0. The standard InChI is InChI=1S/C18H12F4N2O2/c1-10-12(5-7-14(23-10)16-3-2-8-26-16)17(25)24-15-9-11(18(20,21)22)4-6-13(15)19/h2-9H,1H3,(H,24,25). The first-order valence-electron chi connectivity index (χ1n) is 7.45. The number of benzene rings is 1. The van der Waals surface area contributed by atoms with Gasteiger partial charge in [0.1, 0.15) is 11.5 Å². The number of carbonyl (C=O) groups excluding carboxylic acids is 1. The number of anilines is 1. The number of alkyl halides is 3. The Hall–Kier alpha value is -3.16. The third-order valence-electron chi connectivity index (χ3n) is 3.65. The van der Waals surface area contributed by atoms with Crippen molar-refractivity contribution in [3.63, 3.8) is 0 Å². The summed E-state index contributed by atoms with van der Waals surface area (Å²) in [6, 6.07) is 8.17. The van der Waals surface area contributed by atoms with Gasteiger partial charge in [0.25, 0.3) is 5.91 Å². The van der Waals surface area contributed by atoms with Crippen molar-refractivity contribution in [2.75, 3.05) is 5.32 Å². The Bertz CT molecular complexity index is 950. The molecule has 0 bridgehead atoms. The molecule has 2 aromatic heterocycles. The van der Waals surface area contributed by atoms with Gasteiger partial charge >= 0.3 is 6.18 Å². The van der Waals surface area contributed by atoms with Gasteiger partial charge in [-0.3, -0.25) is 4.79 Å². The lowest BCUT2D eigenvalue weighted by Gasteiger charge is -2.12. The summed E-state index contributed by atoms with van der Waals surface area (Å²) in [6.45, 7) is 1.56. The minimum absolute atomic E-state index is 0.108. The molecule has 26 heavy (non-hydrogen) atoms. The SMILES string of the molecule is Cc1nc(-c2ccco2)ccc1C(=O)Nc1cc(C(F)(F)F)ccc1F. The molecular weight excluding hydrogens is 352 g/mol. The second-order valence-corrected chi connectivity index (χ2v) is 5.45. The molecule has 2 heterocycles. The number of aromatic nitrogens is 1. The highest BCUT2D eigenvalue weighted by Gasteiger charge is 2.31. The van der Waals surface area contributed by atoms with Crippen molar-refractivity contribution in [1.29, 1.82) is 0 Å². The smallest absolute Gasteiger partial charge is 0.416 e. The number of halogens is 4. The van der Waals surface area contributed by atoms with Crippen LogP contribution in [-0.2, 0) is 6.18 Å². The lowest BCUT2D eigenvalue weighted by Crippen LogP contribution is -2.16. The molecule has 134 valence electrons. The highest BCUT2D eigenvalue weighted by Crippen LogP contribution is 2.32. The lowest BCUT2D eigenvalue weighted by molar-refractivity contribution is -0.137. The van der Waals surface area contributed by atoms with Crippen molar-refractivity contribution in [3.8, 4) is 11.5 Å². The van der Waals surface area contributed by atoms with E-state index in [-0.39, 0.29) is 5.56 Å². The first kappa shape index (κ1) is 17.7. The van der Waals surface area contributed by atoms with Crippen LogP contribution in [0.4, 0.5) is 23.2 Å². The number of amides is 1. The van der Waals surface area contributed by atoms with E-state index in [9.17, 15) is 22.4 Å². The van der Waals surface area contributed by atoms with Gasteiger partial charge in [0, 0.05) is 0 Å². The molecule has 0 fully saturated rings. The molecule has 0 radical (unpaired) electrons. The van der Waals surface area contributed by atoms with Gasteiger partial charge in [0.05, 0.1) is 28.8 Å². The van der Waals surface area contributed by atoms with Crippen LogP contribution in [0.1, 0.15) is 21.6 Å². The van der Waals surface area contributed by atoms with Gasteiger partial charge in [-0.15, -0.1) is 0 Å². The monoisotopic (exact) mass is 364 g/mol. The van der Waals surface area contributed by atoms with E-state index in [1.807, 2.05) is 0 Å². The van der Waals surface area contributed by atoms with Crippen LogP contribution in [0.2, 0.25) is 0 Å². The van der Waals surface area contributed by atoms with E-state index in [1.54, 1.807) is 19.1 Å². The number of hydrogen-bond donors (Lipinski definition) is 1. The molecule has 0 unspecified atom stereocenters. The van der Waals surface area contributed by atoms with Gasteiger partial charge < -0.3 is 9.73 Å². The van der Waals surface area contributed by atoms with Gasteiger partial charge in [-0.05, 0) is 49.4 Å². The van der Waals surface area contributed by atoms with Gasteiger partial charge in [0.15, 0.2) is 5.76 Å². The largest absolute Gasteiger partial charge is 0.463 e. The maximum atomic E-state index is 13.8. The number of furan rings is 1. The molecule has 0 saturated heterocycles. The third-order valence-corrected chi connectivity index (χ3v) is 3.65. The van der Waals surface area contributed by atoms with Crippen molar-refractivity contribution >= 4 is 11.6 Å². The molecule has 1 N–H and O–H groups in total. The van der Waals surface area contributed by atoms with Crippen LogP contribution in [0.15, 0.2) is 53.1 Å². The van der Waals surface area contributed by atoms with Crippen LogP contribution in [0.3, 0.4) is 0 Å². The molecule has 3 rings (SSSR count).